The molecule has 0 heterocycles. The number of hydrogen-bond donors (Lipinski definition) is 2. The van der Waals surface area contributed by atoms with Crippen molar-refractivity contribution in [3.8, 4) is 0 Å². The average Bonchev–Trinajstić information content (AvgIpc) is 2.38. The molecule has 0 spiro atoms. The minimum Gasteiger partial charge on any atom is -0.481 e. The number of hydrogen-bond acceptors (Lipinski definition) is 2. The number of aliphatic carboxylic acids is 1. The first-order valence-corrected chi connectivity index (χ1v) is 7.69. The lowest BCUT2D eigenvalue weighted by Crippen LogP contribution is -2.57. The molecule has 0 bridgehead atoms. The molecule has 0 aromatic heterocycles. The van der Waals surface area contributed by atoms with Crippen LogP contribution in [0, 0.1) is 0 Å². The summed E-state index contributed by atoms with van der Waals surface area (Å²) in [6, 6.07) is 7.53. The number of carbonyl (C=O) groups is 2. The van der Waals surface area contributed by atoms with Crippen LogP contribution in [0.3, 0.4) is 0 Å². The molecule has 1 fully saturated rings. The number of carboxylic acids is 1. The molecule has 21 heavy (non-hydrogen) atoms. The van der Waals surface area contributed by atoms with E-state index >= 15 is 0 Å². The number of carbonyl (C=O) groups excluding carboxylic acids is 1. The van der Waals surface area contributed by atoms with E-state index in [2.05, 4.69) is 21.2 Å². The Labute approximate surface area is 132 Å². The zero-order valence-electron chi connectivity index (χ0n) is 11.9. The summed E-state index contributed by atoms with van der Waals surface area (Å²) >= 11 is 3.37. The van der Waals surface area contributed by atoms with E-state index in [1.54, 1.807) is 11.9 Å². The second-order valence-electron chi connectivity index (χ2n) is 5.62. The van der Waals surface area contributed by atoms with Gasteiger partial charge < -0.3 is 15.3 Å². The minimum atomic E-state index is -0.870. The fourth-order valence-electron chi connectivity index (χ4n) is 2.50. The van der Waals surface area contributed by atoms with Crippen LogP contribution in [-0.4, -0.2) is 34.6 Å². The first-order chi connectivity index (χ1) is 9.90. The van der Waals surface area contributed by atoms with Crippen LogP contribution in [0.5, 0.6) is 0 Å². The number of urea groups is 1. The molecule has 2 rings (SSSR count). The van der Waals surface area contributed by atoms with Crippen LogP contribution in [0.4, 0.5) is 4.79 Å². The molecule has 1 aliphatic rings. The number of nitrogens with zero attached hydrogens (tertiary/aromatic N) is 1. The van der Waals surface area contributed by atoms with Gasteiger partial charge >= 0.3 is 12.0 Å². The molecule has 0 unspecified atom stereocenters. The summed E-state index contributed by atoms with van der Waals surface area (Å²) in [6.45, 7) is 0.488. The Morgan fingerprint density at radius 3 is 2.43 bits per heavy atom. The van der Waals surface area contributed by atoms with Gasteiger partial charge in [-0.05, 0) is 37.0 Å². The molecular weight excluding hydrogens is 336 g/mol. The fourth-order valence-corrected chi connectivity index (χ4v) is 2.76. The second-order valence-corrected chi connectivity index (χ2v) is 6.53. The predicted molar refractivity (Wildman–Crippen MR) is 83.0 cm³/mol. The third-order valence-electron chi connectivity index (χ3n) is 3.85. The van der Waals surface area contributed by atoms with Crippen molar-refractivity contribution in [2.75, 3.05) is 7.05 Å². The van der Waals surface area contributed by atoms with Gasteiger partial charge in [-0.1, -0.05) is 28.1 Å². The van der Waals surface area contributed by atoms with Gasteiger partial charge in [-0.15, -0.1) is 0 Å². The third-order valence-corrected chi connectivity index (χ3v) is 4.38. The average molecular weight is 355 g/mol. The zero-order chi connectivity index (χ0) is 15.5. The van der Waals surface area contributed by atoms with E-state index in [9.17, 15) is 9.59 Å². The molecule has 1 aliphatic carbocycles. The van der Waals surface area contributed by atoms with Crippen molar-refractivity contribution in [1.29, 1.82) is 0 Å². The summed E-state index contributed by atoms with van der Waals surface area (Å²) in [5, 5.41) is 11.8. The lowest BCUT2D eigenvalue weighted by molar-refractivity contribution is -0.139. The number of carboxylic acid groups (broad SMARTS) is 1. The van der Waals surface area contributed by atoms with E-state index < -0.39 is 11.5 Å². The number of benzene rings is 1. The SMILES string of the molecule is CN(Cc1ccc(Br)cc1)C(=O)NC1(CC(=O)O)CCC1. The topological polar surface area (TPSA) is 69.6 Å². The van der Waals surface area contributed by atoms with Gasteiger partial charge in [-0.25, -0.2) is 4.79 Å². The molecular formula is C15H19BrN2O3. The zero-order valence-corrected chi connectivity index (χ0v) is 13.5. The van der Waals surface area contributed by atoms with Gasteiger partial charge in [0.15, 0.2) is 0 Å². The highest BCUT2D eigenvalue weighted by Crippen LogP contribution is 2.35. The van der Waals surface area contributed by atoms with Crippen LogP contribution in [0.15, 0.2) is 28.7 Å². The smallest absolute Gasteiger partial charge is 0.317 e. The Bertz CT molecular complexity index is 526. The molecule has 1 aromatic rings. The number of amides is 2. The quantitative estimate of drug-likeness (QED) is 0.853. The molecule has 5 nitrogen and oxygen atoms in total. The highest BCUT2D eigenvalue weighted by molar-refractivity contribution is 9.10. The van der Waals surface area contributed by atoms with Gasteiger partial charge in [-0.2, -0.15) is 0 Å². The molecule has 1 aromatic carbocycles. The number of rotatable bonds is 5. The molecule has 0 saturated heterocycles. The van der Waals surface area contributed by atoms with Gasteiger partial charge in [0.05, 0.1) is 12.0 Å². The van der Waals surface area contributed by atoms with E-state index in [1.807, 2.05) is 24.3 Å². The van der Waals surface area contributed by atoms with Crippen molar-refractivity contribution >= 4 is 27.9 Å². The van der Waals surface area contributed by atoms with Crippen molar-refractivity contribution in [2.24, 2.45) is 0 Å². The van der Waals surface area contributed by atoms with E-state index in [0.29, 0.717) is 6.54 Å². The lowest BCUT2D eigenvalue weighted by atomic mass is 9.74. The normalized spacial score (nSPS) is 15.9. The van der Waals surface area contributed by atoms with Crippen molar-refractivity contribution in [3.05, 3.63) is 34.3 Å². The fraction of sp³-hybridized carbons (Fsp3) is 0.467. The summed E-state index contributed by atoms with van der Waals surface area (Å²) in [7, 11) is 1.71. The molecule has 6 heteroatoms. The van der Waals surface area contributed by atoms with Crippen LogP contribution in [0.2, 0.25) is 0 Å². The monoisotopic (exact) mass is 354 g/mol. The maximum Gasteiger partial charge on any atom is 0.317 e. The maximum absolute atomic E-state index is 12.2. The highest BCUT2D eigenvalue weighted by Gasteiger charge is 2.40. The van der Waals surface area contributed by atoms with E-state index in [0.717, 1.165) is 29.3 Å². The summed E-state index contributed by atoms with van der Waals surface area (Å²) in [6.07, 6.45) is 2.42. The second kappa shape index (κ2) is 6.47. The Kier molecular flexibility index (Phi) is 4.88. The highest BCUT2D eigenvalue weighted by atomic mass is 79.9. The summed E-state index contributed by atoms with van der Waals surface area (Å²) in [5.74, 6) is -0.870. The first kappa shape index (κ1) is 15.8. The third kappa shape index (κ3) is 4.20. The summed E-state index contributed by atoms with van der Waals surface area (Å²) in [5.41, 5.74) is 0.466. The van der Waals surface area contributed by atoms with Gasteiger partial charge in [0.25, 0.3) is 0 Å². The molecule has 2 N–H and O–H groups in total. The van der Waals surface area contributed by atoms with Crippen LogP contribution < -0.4 is 5.32 Å². The van der Waals surface area contributed by atoms with Gasteiger partial charge in [-0.3, -0.25) is 4.79 Å². The number of nitrogens with one attached hydrogen (secondary N) is 1. The molecule has 1 saturated carbocycles. The lowest BCUT2D eigenvalue weighted by Gasteiger charge is -2.42. The minimum absolute atomic E-state index is 0.00906. The Morgan fingerprint density at radius 1 is 1.33 bits per heavy atom. The van der Waals surface area contributed by atoms with Crippen molar-refractivity contribution < 1.29 is 14.7 Å². The van der Waals surface area contributed by atoms with Gasteiger partial charge in [0.2, 0.25) is 0 Å². The van der Waals surface area contributed by atoms with Crippen molar-refractivity contribution in [2.45, 2.75) is 37.8 Å². The van der Waals surface area contributed by atoms with E-state index in [4.69, 9.17) is 5.11 Å². The van der Waals surface area contributed by atoms with Crippen molar-refractivity contribution in [1.82, 2.24) is 10.2 Å². The van der Waals surface area contributed by atoms with Crippen LogP contribution in [0.25, 0.3) is 0 Å². The van der Waals surface area contributed by atoms with Crippen LogP contribution >= 0.6 is 15.9 Å². The molecule has 0 radical (unpaired) electrons. The molecule has 0 aliphatic heterocycles. The molecule has 114 valence electrons. The van der Waals surface area contributed by atoms with Gasteiger partial charge in [0, 0.05) is 18.1 Å². The van der Waals surface area contributed by atoms with Crippen molar-refractivity contribution in [3.63, 3.8) is 0 Å². The van der Waals surface area contributed by atoms with Gasteiger partial charge in [0.1, 0.15) is 0 Å². The summed E-state index contributed by atoms with van der Waals surface area (Å²) in [4.78, 5) is 24.7. The standard InChI is InChI=1S/C15H19BrN2O3/c1-18(10-11-3-5-12(16)6-4-11)14(21)17-15(7-2-8-15)9-13(19)20/h3-6H,2,7-10H2,1H3,(H,17,21)(H,19,20). The Hall–Kier alpha value is -1.56. The first-order valence-electron chi connectivity index (χ1n) is 6.90. The maximum atomic E-state index is 12.2. The Morgan fingerprint density at radius 2 is 1.95 bits per heavy atom. The number of halogens is 1. The van der Waals surface area contributed by atoms with Crippen LogP contribution in [0.1, 0.15) is 31.2 Å². The van der Waals surface area contributed by atoms with E-state index in [-0.39, 0.29) is 12.5 Å². The van der Waals surface area contributed by atoms with E-state index in [1.165, 1.54) is 0 Å². The summed E-state index contributed by atoms with van der Waals surface area (Å²) < 4.78 is 0.994. The molecule has 2 amide bonds. The van der Waals surface area contributed by atoms with Crippen LogP contribution in [-0.2, 0) is 11.3 Å². The Balaban J connectivity index is 1.92. The predicted octanol–water partition coefficient (Wildman–Crippen LogP) is 2.99. The largest absolute Gasteiger partial charge is 0.481 e. The molecule has 0 atom stereocenters.